The predicted octanol–water partition coefficient (Wildman–Crippen LogP) is 4.50. The zero-order chi connectivity index (χ0) is 20.1. The second kappa shape index (κ2) is 6.35. The third-order valence-corrected chi connectivity index (χ3v) is 5.40. The van der Waals surface area contributed by atoms with Crippen molar-refractivity contribution in [2.75, 3.05) is 0 Å². The number of amides is 1. The third kappa shape index (κ3) is 3.36. The minimum absolute atomic E-state index is 0.0297. The van der Waals surface area contributed by atoms with Crippen LogP contribution in [-0.4, -0.2) is 23.0 Å². The highest BCUT2D eigenvalue weighted by atomic mass is 16.3. The van der Waals surface area contributed by atoms with Gasteiger partial charge in [0.05, 0.1) is 5.56 Å². The molecule has 0 aliphatic carbocycles. The normalized spacial score (nSPS) is 18.8. The number of nitriles is 1. The van der Waals surface area contributed by atoms with Crippen molar-refractivity contribution >= 4 is 27.8 Å². The highest BCUT2D eigenvalue weighted by Crippen LogP contribution is 2.32. The largest absolute Gasteiger partial charge is 0.455 e. The summed E-state index contributed by atoms with van der Waals surface area (Å²) < 4.78 is 5.85. The summed E-state index contributed by atoms with van der Waals surface area (Å²) in [6, 6.07) is 13.2. The minimum Gasteiger partial charge on any atom is -0.455 e. The van der Waals surface area contributed by atoms with Gasteiger partial charge < -0.3 is 15.1 Å². The van der Waals surface area contributed by atoms with Gasteiger partial charge >= 0.3 is 0 Å². The number of nitrogens with one attached hydrogen (secondary N) is 2. The van der Waals surface area contributed by atoms with Gasteiger partial charge in [0.15, 0.2) is 5.58 Å². The van der Waals surface area contributed by atoms with Crippen molar-refractivity contribution < 1.29 is 9.21 Å². The number of benzene rings is 2. The quantitative estimate of drug-likeness (QED) is 0.691. The highest BCUT2D eigenvalue weighted by molar-refractivity contribution is 6.09. The summed E-state index contributed by atoms with van der Waals surface area (Å²) in [7, 11) is 0. The van der Waals surface area contributed by atoms with Gasteiger partial charge in [-0.05, 0) is 64.8 Å². The van der Waals surface area contributed by atoms with Gasteiger partial charge in [-0.15, -0.1) is 0 Å². The van der Waals surface area contributed by atoms with Crippen LogP contribution in [0.15, 0.2) is 40.8 Å². The van der Waals surface area contributed by atoms with Crippen LogP contribution in [0.2, 0.25) is 0 Å². The molecule has 2 heterocycles. The molecule has 1 amide bonds. The van der Waals surface area contributed by atoms with Crippen molar-refractivity contribution in [1.29, 1.82) is 5.26 Å². The van der Waals surface area contributed by atoms with E-state index in [0.29, 0.717) is 22.3 Å². The van der Waals surface area contributed by atoms with E-state index in [1.165, 1.54) is 0 Å². The molecule has 0 saturated carbocycles. The standard InChI is InChI=1S/C23H25N3O2/c1-22(2)11-16(12-23(3,4)26-22)25-21(27)14-8-9-19-18(10-14)17-7-5-6-15(13-24)20(17)28-19/h5-10,16,26H,11-12H2,1-4H3,(H,25,27). The van der Waals surface area contributed by atoms with Gasteiger partial charge in [-0.2, -0.15) is 5.26 Å². The topological polar surface area (TPSA) is 78.1 Å². The van der Waals surface area contributed by atoms with Gasteiger partial charge in [-0.1, -0.05) is 12.1 Å². The number of para-hydroxylation sites is 1. The molecular weight excluding hydrogens is 350 g/mol. The lowest BCUT2D eigenvalue weighted by molar-refractivity contribution is 0.0873. The van der Waals surface area contributed by atoms with E-state index in [1.807, 2.05) is 24.3 Å². The maximum absolute atomic E-state index is 12.9. The van der Waals surface area contributed by atoms with E-state index in [-0.39, 0.29) is 23.0 Å². The summed E-state index contributed by atoms with van der Waals surface area (Å²) in [5.74, 6) is -0.0776. The van der Waals surface area contributed by atoms with Crippen LogP contribution in [0.4, 0.5) is 0 Å². The van der Waals surface area contributed by atoms with Gasteiger partial charge in [0.25, 0.3) is 5.91 Å². The number of carbonyl (C=O) groups excluding carboxylic acids is 1. The van der Waals surface area contributed by atoms with Crippen molar-refractivity contribution in [1.82, 2.24) is 10.6 Å². The Kier molecular flexibility index (Phi) is 4.20. The van der Waals surface area contributed by atoms with Crippen molar-refractivity contribution in [3.05, 3.63) is 47.5 Å². The highest BCUT2D eigenvalue weighted by Gasteiger charge is 2.38. The molecule has 28 heavy (non-hydrogen) atoms. The lowest BCUT2D eigenvalue weighted by Crippen LogP contribution is -2.62. The van der Waals surface area contributed by atoms with Crippen molar-refractivity contribution in [2.45, 2.75) is 57.7 Å². The maximum atomic E-state index is 12.9. The third-order valence-electron chi connectivity index (χ3n) is 5.40. The monoisotopic (exact) mass is 375 g/mol. The summed E-state index contributed by atoms with van der Waals surface area (Å²) in [6.07, 6.45) is 1.76. The first-order chi connectivity index (χ1) is 13.2. The van der Waals surface area contributed by atoms with Crippen LogP contribution in [0.1, 0.15) is 56.5 Å². The Morgan fingerprint density at radius 3 is 2.54 bits per heavy atom. The van der Waals surface area contributed by atoms with Crippen molar-refractivity contribution in [3.8, 4) is 6.07 Å². The molecule has 0 spiro atoms. The van der Waals surface area contributed by atoms with E-state index in [4.69, 9.17) is 4.42 Å². The summed E-state index contributed by atoms with van der Waals surface area (Å²) in [5.41, 5.74) is 2.29. The van der Waals surface area contributed by atoms with Crippen molar-refractivity contribution in [2.24, 2.45) is 0 Å². The molecular formula is C23H25N3O2. The van der Waals surface area contributed by atoms with Crippen LogP contribution < -0.4 is 10.6 Å². The van der Waals surface area contributed by atoms with E-state index in [2.05, 4.69) is 44.4 Å². The average molecular weight is 375 g/mol. The molecule has 2 aromatic carbocycles. The number of hydrogen-bond donors (Lipinski definition) is 2. The van der Waals surface area contributed by atoms with E-state index >= 15 is 0 Å². The molecule has 1 aliphatic rings. The number of nitrogens with zero attached hydrogens (tertiary/aromatic N) is 1. The van der Waals surface area contributed by atoms with E-state index in [9.17, 15) is 10.1 Å². The fourth-order valence-electron chi connectivity index (χ4n) is 4.72. The number of rotatable bonds is 2. The van der Waals surface area contributed by atoms with Gasteiger partial charge in [-0.3, -0.25) is 4.79 Å². The first kappa shape index (κ1) is 18.5. The number of hydrogen-bond acceptors (Lipinski definition) is 4. The van der Waals surface area contributed by atoms with Gasteiger partial charge in [0, 0.05) is 33.5 Å². The fourth-order valence-corrected chi connectivity index (χ4v) is 4.72. The lowest BCUT2D eigenvalue weighted by Gasteiger charge is -2.46. The molecule has 2 N–H and O–H groups in total. The van der Waals surface area contributed by atoms with Gasteiger partial charge in [0.1, 0.15) is 11.7 Å². The first-order valence-corrected chi connectivity index (χ1v) is 9.63. The smallest absolute Gasteiger partial charge is 0.251 e. The predicted molar refractivity (Wildman–Crippen MR) is 110 cm³/mol. The number of piperidine rings is 1. The van der Waals surface area contributed by atoms with Crippen LogP contribution in [0.5, 0.6) is 0 Å². The summed E-state index contributed by atoms with van der Waals surface area (Å²) in [5, 5.41) is 17.8. The summed E-state index contributed by atoms with van der Waals surface area (Å²) >= 11 is 0. The Bertz CT molecular complexity index is 1100. The van der Waals surface area contributed by atoms with Gasteiger partial charge in [-0.25, -0.2) is 0 Å². The molecule has 1 fully saturated rings. The van der Waals surface area contributed by atoms with Crippen LogP contribution >= 0.6 is 0 Å². The Morgan fingerprint density at radius 2 is 1.86 bits per heavy atom. The number of fused-ring (bicyclic) bond motifs is 3. The summed E-state index contributed by atoms with van der Waals surface area (Å²) in [6.45, 7) is 8.68. The fraction of sp³-hybridized carbons (Fsp3) is 0.391. The zero-order valence-corrected chi connectivity index (χ0v) is 16.7. The molecule has 1 aliphatic heterocycles. The molecule has 3 aromatic rings. The molecule has 0 bridgehead atoms. The molecule has 1 aromatic heterocycles. The molecule has 144 valence electrons. The van der Waals surface area contributed by atoms with Gasteiger partial charge in [0.2, 0.25) is 0 Å². The molecule has 1 saturated heterocycles. The van der Waals surface area contributed by atoms with Crippen LogP contribution in [-0.2, 0) is 0 Å². The Morgan fingerprint density at radius 1 is 1.14 bits per heavy atom. The molecule has 5 nitrogen and oxygen atoms in total. The maximum Gasteiger partial charge on any atom is 0.251 e. The number of carbonyl (C=O) groups is 1. The summed E-state index contributed by atoms with van der Waals surface area (Å²) in [4.78, 5) is 12.9. The number of furan rings is 1. The van der Waals surface area contributed by atoms with E-state index in [1.54, 1.807) is 12.1 Å². The Labute approximate surface area is 164 Å². The SMILES string of the molecule is CC1(C)CC(NC(=O)c2ccc3oc4c(C#N)cccc4c3c2)CC(C)(C)N1. The lowest BCUT2D eigenvalue weighted by atomic mass is 9.79. The van der Waals surface area contributed by atoms with E-state index in [0.717, 1.165) is 23.6 Å². The Hall–Kier alpha value is -2.84. The van der Waals surface area contributed by atoms with Crippen LogP contribution in [0.3, 0.4) is 0 Å². The minimum atomic E-state index is -0.0776. The molecule has 5 heteroatoms. The molecule has 4 rings (SSSR count). The molecule has 0 radical (unpaired) electrons. The zero-order valence-electron chi connectivity index (χ0n) is 16.7. The first-order valence-electron chi connectivity index (χ1n) is 9.63. The second-order valence-electron chi connectivity index (χ2n) is 9.08. The average Bonchev–Trinajstić information content (AvgIpc) is 2.96. The van der Waals surface area contributed by atoms with Crippen molar-refractivity contribution in [3.63, 3.8) is 0 Å². The second-order valence-corrected chi connectivity index (χ2v) is 9.08. The van der Waals surface area contributed by atoms with Crippen LogP contribution in [0, 0.1) is 11.3 Å². The van der Waals surface area contributed by atoms with Crippen LogP contribution in [0.25, 0.3) is 21.9 Å². The Balaban J connectivity index is 1.65. The molecule has 0 unspecified atom stereocenters. The van der Waals surface area contributed by atoms with E-state index < -0.39 is 0 Å². The molecule has 0 atom stereocenters.